The highest BCUT2D eigenvalue weighted by atomic mass is 32.2. The normalized spacial score (nSPS) is 16.9. The molecule has 0 aromatic heterocycles. The van der Waals surface area contributed by atoms with Gasteiger partial charge in [0.2, 0.25) is 0 Å². The summed E-state index contributed by atoms with van der Waals surface area (Å²) >= 11 is 0. The molecule has 0 N–H and O–H groups in total. The molecular weight excluding hydrogens is 388 g/mol. The molecule has 1 unspecified atom stereocenters. The molecule has 1 rings (SSSR count). The fourth-order valence-corrected chi connectivity index (χ4v) is 4.77. The van der Waals surface area contributed by atoms with Gasteiger partial charge < -0.3 is 9.47 Å². The largest absolute Gasteiger partial charge is 0.381 e. The Bertz CT molecular complexity index is 460. The molecule has 0 aliphatic heterocycles. The molecule has 0 heterocycles. The fourth-order valence-electron chi connectivity index (χ4n) is 4.21. The van der Waals surface area contributed by atoms with E-state index >= 15 is 0 Å². The van der Waals surface area contributed by atoms with Crippen molar-refractivity contribution in [2.45, 2.75) is 115 Å². The van der Waals surface area contributed by atoms with E-state index in [1.807, 2.05) is 0 Å². The standard InChI is InChI=1S/C23H46O5S/c1-26-23(28-29(2,24)25)19-21-27-20-15-10-8-6-4-3-5-7-9-12-16-22-17-13-11-14-18-22/h22-23H,3-21H2,1-2H3. The maximum absolute atomic E-state index is 11.1. The van der Waals surface area contributed by atoms with Crippen LogP contribution < -0.4 is 0 Å². The fraction of sp³-hybridized carbons (Fsp3) is 1.00. The van der Waals surface area contributed by atoms with Gasteiger partial charge in [-0.3, -0.25) is 0 Å². The van der Waals surface area contributed by atoms with Crippen molar-refractivity contribution in [3.05, 3.63) is 0 Å². The van der Waals surface area contributed by atoms with Crippen molar-refractivity contribution in [2.75, 3.05) is 26.6 Å². The third kappa shape index (κ3) is 17.2. The van der Waals surface area contributed by atoms with E-state index in [1.165, 1.54) is 103 Å². The van der Waals surface area contributed by atoms with Gasteiger partial charge in [0.25, 0.3) is 10.1 Å². The van der Waals surface area contributed by atoms with Gasteiger partial charge in [0, 0.05) is 20.1 Å². The molecule has 1 fully saturated rings. The molecule has 1 atom stereocenters. The van der Waals surface area contributed by atoms with Crippen LogP contribution in [0, 0.1) is 5.92 Å². The number of ether oxygens (including phenoxy) is 2. The predicted molar refractivity (Wildman–Crippen MR) is 120 cm³/mol. The van der Waals surface area contributed by atoms with Crippen LogP contribution >= 0.6 is 0 Å². The van der Waals surface area contributed by atoms with Crippen molar-refractivity contribution in [1.29, 1.82) is 0 Å². The lowest BCUT2D eigenvalue weighted by Gasteiger charge is -2.21. The predicted octanol–water partition coefficient (Wildman–Crippen LogP) is 6.21. The van der Waals surface area contributed by atoms with Crippen LogP contribution in [0.15, 0.2) is 0 Å². The van der Waals surface area contributed by atoms with Crippen LogP contribution in [-0.4, -0.2) is 41.3 Å². The lowest BCUT2D eigenvalue weighted by Crippen LogP contribution is -2.21. The van der Waals surface area contributed by atoms with E-state index in [0.717, 1.165) is 25.2 Å². The number of rotatable bonds is 19. The molecule has 174 valence electrons. The molecule has 0 amide bonds. The van der Waals surface area contributed by atoms with Crippen LogP contribution in [0.3, 0.4) is 0 Å². The van der Waals surface area contributed by atoms with Crippen molar-refractivity contribution < 1.29 is 22.1 Å². The first-order chi connectivity index (χ1) is 14.0. The molecule has 1 aliphatic rings. The molecule has 6 heteroatoms. The Morgan fingerprint density at radius 1 is 0.793 bits per heavy atom. The zero-order valence-corrected chi connectivity index (χ0v) is 19.9. The first-order valence-corrected chi connectivity index (χ1v) is 13.8. The summed E-state index contributed by atoms with van der Waals surface area (Å²) in [5.41, 5.74) is 0. The molecule has 0 radical (unpaired) electrons. The molecule has 0 spiro atoms. The Kier molecular flexibility index (Phi) is 16.2. The molecule has 1 saturated carbocycles. The van der Waals surface area contributed by atoms with Crippen molar-refractivity contribution in [2.24, 2.45) is 5.92 Å². The van der Waals surface area contributed by atoms with E-state index in [4.69, 9.17) is 13.7 Å². The summed E-state index contributed by atoms with van der Waals surface area (Å²) in [6.07, 6.45) is 22.9. The van der Waals surface area contributed by atoms with Gasteiger partial charge in [-0.05, 0) is 12.3 Å². The molecule has 29 heavy (non-hydrogen) atoms. The molecular formula is C23H46O5S. The second-order valence-electron chi connectivity index (χ2n) is 8.69. The average Bonchev–Trinajstić information content (AvgIpc) is 2.69. The van der Waals surface area contributed by atoms with Crippen molar-refractivity contribution in [3.8, 4) is 0 Å². The Hall–Kier alpha value is -0.170. The van der Waals surface area contributed by atoms with Gasteiger partial charge in [-0.25, -0.2) is 4.18 Å². The van der Waals surface area contributed by atoms with Gasteiger partial charge in [0.05, 0.1) is 12.9 Å². The number of hydrogen-bond acceptors (Lipinski definition) is 5. The summed E-state index contributed by atoms with van der Waals surface area (Å²) in [4.78, 5) is 0. The summed E-state index contributed by atoms with van der Waals surface area (Å²) in [6.45, 7) is 1.17. The Balaban J connectivity index is 1.76. The average molecular weight is 435 g/mol. The zero-order chi connectivity index (χ0) is 21.2. The molecule has 0 bridgehead atoms. The van der Waals surface area contributed by atoms with Crippen LogP contribution in [-0.2, 0) is 23.8 Å². The van der Waals surface area contributed by atoms with E-state index in [9.17, 15) is 8.42 Å². The van der Waals surface area contributed by atoms with Crippen LogP contribution in [0.1, 0.15) is 109 Å². The summed E-state index contributed by atoms with van der Waals surface area (Å²) < 4.78 is 37.5. The van der Waals surface area contributed by atoms with Crippen molar-refractivity contribution in [3.63, 3.8) is 0 Å². The van der Waals surface area contributed by atoms with Crippen LogP contribution in [0.5, 0.6) is 0 Å². The third-order valence-electron chi connectivity index (χ3n) is 5.92. The zero-order valence-electron chi connectivity index (χ0n) is 19.0. The van der Waals surface area contributed by atoms with Gasteiger partial charge in [-0.15, -0.1) is 0 Å². The van der Waals surface area contributed by atoms with E-state index in [0.29, 0.717) is 13.0 Å². The third-order valence-corrected chi connectivity index (χ3v) is 6.48. The maximum atomic E-state index is 11.1. The Labute approximate surface area is 180 Å². The van der Waals surface area contributed by atoms with E-state index in [2.05, 4.69) is 0 Å². The molecule has 0 saturated heterocycles. The molecule has 1 aliphatic carbocycles. The summed E-state index contributed by atoms with van der Waals surface area (Å²) in [5, 5.41) is 0. The molecule has 5 nitrogen and oxygen atoms in total. The second-order valence-corrected chi connectivity index (χ2v) is 10.3. The van der Waals surface area contributed by atoms with Gasteiger partial charge >= 0.3 is 0 Å². The van der Waals surface area contributed by atoms with E-state index in [1.54, 1.807) is 0 Å². The molecule has 0 aromatic rings. The monoisotopic (exact) mass is 434 g/mol. The highest BCUT2D eigenvalue weighted by Crippen LogP contribution is 2.28. The molecule has 0 aromatic carbocycles. The lowest BCUT2D eigenvalue weighted by molar-refractivity contribution is -0.0673. The van der Waals surface area contributed by atoms with Gasteiger partial charge in [0.15, 0.2) is 6.29 Å². The quantitative estimate of drug-likeness (QED) is 0.137. The minimum absolute atomic E-state index is 0.421. The minimum Gasteiger partial charge on any atom is -0.381 e. The highest BCUT2D eigenvalue weighted by molar-refractivity contribution is 7.86. The maximum Gasteiger partial charge on any atom is 0.266 e. The number of methoxy groups -OCH3 is 1. The summed E-state index contributed by atoms with van der Waals surface area (Å²) in [7, 11) is -2.05. The van der Waals surface area contributed by atoms with Crippen molar-refractivity contribution in [1.82, 2.24) is 0 Å². The first-order valence-electron chi connectivity index (χ1n) is 12.0. The second kappa shape index (κ2) is 17.5. The van der Waals surface area contributed by atoms with Crippen LogP contribution in [0.25, 0.3) is 0 Å². The van der Waals surface area contributed by atoms with Gasteiger partial charge in [0.1, 0.15) is 0 Å². The topological polar surface area (TPSA) is 61.8 Å². The Morgan fingerprint density at radius 3 is 1.90 bits per heavy atom. The summed E-state index contributed by atoms with van der Waals surface area (Å²) in [6, 6.07) is 0. The minimum atomic E-state index is -3.49. The highest BCUT2D eigenvalue weighted by Gasteiger charge is 2.14. The number of hydrogen-bond donors (Lipinski definition) is 0. The van der Waals surface area contributed by atoms with E-state index < -0.39 is 16.4 Å². The summed E-state index contributed by atoms with van der Waals surface area (Å²) in [5.74, 6) is 1.05. The first kappa shape index (κ1) is 26.9. The van der Waals surface area contributed by atoms with E-state index in [-0.39, 0.29) is 0 Å². The SMILES string of the molecule is COC(CCOCCCCCCCCCCCCC1CCCCC1)OS(C)(=O)=O. The van der Waals surface area contributed by atoms with Crippen molar-refractivity contribution >= 4 is 10.1 Å². The van der Waals surface area contributed by atoms with Gasteiger partial charge in [-0.2, -0.15) is 8.42 Å². The van der Waals surface area contributed by atoms with Gasteiger partial charge in [-0.1, -0.05) is 96.3 Å². The van der Waals surface area contributed by atoms with Crippen LogP contribution in [0.4, 0.5) is 0 Å². The smallest absolute Gasteiger partial charge is 0.266 e. The van der Waals surface area contributed by atoms with Crippen LogP contribution in [0.2, 0.25) is 0 Å². The number of unbranched alkanes of at least 4 members (excludes halogenated alkanes) is 9. The Morgan fingerprint density at radius 2 is 1.34 bits per heavy atom. The lowest BCUT2D eigenvalue weighted by atomic mass is 9.85.